The fourth-order valence-corrected chi connectivity index (χ4v) is 2.06. The largest absolute Gasteiger partial charge is 0.479 e. The van der Waals surface area contributed by atoms with Crippen LogP contribution in [-0.2, 0) is 20.7 Å². The van der Waals surface area contributed by atoms with Gasteiger partial charge in [0.25, 0.3) is 0 Å². The fourth-order valence-electron chi connectivity index (χ4n) is 2.06. The predicted molar refractivity (Wildman–Crippen MR) is 63.5 cm³/mol. The molecule has 2 atom stereocenters. The zero-order valence-corrected chi connectivity index (χ0v) is 10.8. The van der Waals surface area contributed by atoms with E-state index in [-0.39, 0.29) is 25.0 Å². The van der Waals surface area contributed by atoms with Crippen molar-refractivity contribution in [3.05, 3.63) is 17.5 Å². The number of rotatable bonds is 3. The molecule has 0 radical (unpaired) electrons. The number of hydrogen-bond acceptors (Lipinski definition) is 5. The smallest absolute Gasteiger partial charge is 0.334 e. The average molecular weight is 268 g/mol. The standard InChI is InChI=1S/C12H16N2O5/c1-7-3-9(13-19-7)4-11(15)14-5-8(2)18-10(6-14)12(16)17/h3,8,10H,4-6H2,1-2H3,(H,16,17)/t8-,10?/m1/s1. The molecular weight excluding hydrogens is 252 g/mol. The normalized spacial score (nSPS) is 23.4. The van der Waals surface area contributed by atoms with Crippen molar-refractivity contribution in [3.63, 3.8) is 0 Å². The molecule has 1 aromatic heterocycles. The van der Waals surface area contributed by atoms with Crippen molar-refractivity contribution >= 4 is 11.9 Å². The fraction of sp³-hybridized carbons (Fsp3) is 0.583. The number of carboxylic acids is 1. The van der Waals surface area contributed by atoms with Gasteiger partial charge in [-0.25, -0.2) is 4.79 Å². The summed E-state index contributed by atoms with van der Waals surface area (Å²) in [7, 11) is 0. The molecular formula is C12H16N2O5. The maximum absolute atomic E-state index is 12.1. The van der Waals surface area contributed by atoms with E-state index in [9.17, 15) is 9.59 Å². The van der Waals surface area contributed by atoms with Crippen LogP contribution in [0.4, 0.5) is 0 Å². The van der Waals surface area contributed by atoms with Gasteiger partial charge in [0.2, 0.25) is 5.91 Å². The van der Waals surface area contributed by atoms with Crippen LogP contribution in [0.25, 0.3) is 0 Å². The van der Waals surface area contributed by atoms with E-state index in [0.29, 0.717) is 18.0 Å². The van der Waals surface area contributed by atoms with Crippen molar-refractivity contribution in [2.45, 2.75) is 32.5 Å². The van der Waals surface area contributed by atoms with E-state index in [1.165, 1.54) is 4.90 Å². The zero-order chi connectivity index (χ0) is 14.0. The van der Waals surface area contributed by atoms with E-state index in [0.717, 1.165) is 0 Å². The molecule has 0 aromatic carbocycles. The lowest BCUT2D eigenvalue weighted by molar-refractivity contribution is -0.166. The maximum Gasteiger partial charge on any atom is 0.334 e. The van der Waals surface area contributed by atoms with Gasteiger partial charge in [0.15, 0.2) is 6.10 Å². The maximum atomic E-state index is 12.1. The molecule has 0 aliphatic carbocycles. The Morgan fingerprint density at radius 3 is 2.84 bits per heavy atom. The lowest BCUT2D eigenvalue weighted by Crippen LogP contribution is -2.52. The molecule has 1 N–H and O–H groups in total. The summed E-state index contributed by atoms with van der Waals surface area (Å²) in [5.41, 5.74) is 0.550. The number of aromatic nitrogens is 1. The quantitative estimate of drug-likeness (QED) is 0.843. The second kappa shape index (κ2) is 5.40. The first-order chi connectivity index (χ1) is 8.95. The van der Waals surface area contributed by atoms with Crippen LogP contribution in [0, 0.1) is 6.92 Å². The van der Waals surface area contributed by atoms with Gasteiger partial charge in [-0.2, -0.15) is 0 Å². The van der Waals surface area contributed by atoms with Crippen LogP contribution in [0.2, 0.25) is 0 Å². The van der Waals surface area contributed by atoms with Crippen LogP contribution in [0.15, 0.2) is 10.6 Å². The second-order valence-corrected chi connectivity index (χ2v) is 4.68. The van der Waals surface area contributed by atoms with E-state index < -0.39 is 12.1 Å². The molecule has 2 rings (SSSR count). The van der Waals surface area contributed by atoms with E-state index in [4.69, 9.17) is 14.4 Å². The Morgan fingerprint density at radius 1 is 1.53 bits per heavy atom. The van der Waals surface area contributed by atoms with Gasteiger partial charge >= 0.3 is 5.97 Å². The SMILES string of the molecule is Cc1cc(CC(=O)N2CC(C(=O)O)O[C@H](C)C2)no1. The average Bonchev–Trinajstić information content (AvgIpc) is 2.73. The summed E-state index contributed by atoms with van der Waals surface area (Å²) in [5, 5.41) is 12.7. The van der Waals surface area contributed by atoms with E-state index in [1.807, 2.05) is 0 Å². The van der Waals surface area contributed by atoms with Crippen molar-refractivity contribution in [3.8, 4) is 0 Å². The van der Waals surface area contributed by atoms with Gasteiger partial charge in [-0.05, 0) is 13.8 Å². The molecule has 7 nitrogen and oxygen atoms in total. The van der Waals surface area contributed by atoms with Gasteiger partial charge in [-0.1, -0.05) is 5.16 Å². The number of hydrogen-bond donors (Lipinski definition) is 1. The lowest BCUT2D eigenvalue weighted by atomic mass is 10.2. The van der Waals surface area contributed by atoms with Crippen LogP contribution in [0.1, 0.15) is 18.4 Å². The second-order valence-electron chi connectivity index (χ2n) is 4.68. The first kappa shape index (κ1) is 13.5. The monoisotopic (exact) mass is 268 g/mol. The lowest BCUT2D eigenvalue weighted by Gasteiger charge is -2.34. The summed E-state index contributed by atoms with van der Waals surface area (Å²) in [6, 6.07) is 1.69. The van der Waals surface area contributed by atoms with E-state index >= 15 is 0 Å². The molecule has 0 saturated carbocycles. The molecule has 1 fully saturated rings. The third-order valence-corrected chi connectivity index (χ3v) is 2.90. The summed E-state index contributed by atoms with van der Waals surface area (Å²) in [5.74, 6) is -0.585. The molecule has 7 heteroatoms. The van der Waals surface area contributed by atoms with Gasteiger partial charge in [0.1, 0.15) is 5.76 Å². The molecule has 0 bridgehead atoms. The first-order valence-electron chi connectivity index (χ1n) is 6.04. The Kier molecular flexibility index (Phi) is 3.84. The highest BCUT2D eigenvalue weighted by Crippen LogP contribution is 2.13. The highest BCUT2D eigenvalue weighted by molar-refractivity contribution is 5.80. The molecule has 1 saturated heterocycles. The van der Waals surface area contributed by atoms with Crippen molar-refractivity contribution in [2.75, 3.05) is 13.1 Å². The third kappa shape index (κ3) is 3.31. The van der Waals surface area contributed by atoms with Crippen molar-refractivity contribution in [2.24, 2.45) is 0 Å². The number of aliphatic carboxylic acids is 1. The predicted octanol–water partition coefficient (Wildman–Crippen LogP) is 0.226. The van der Waals surface area contributed by atoms with Crippen LogP contribution in [0.3, 0.4) is 0 Å². The number of carbonyl (C=O) groups excluding carboxylic acids is 1. The number of carboxylic acid groups (broad SMARTS) is 1. The summed E-state index contributed by atoms with van der Waals surface area (Å²) < 4.78 is 10.1. The van der Waals surface area contributed by atoms with Crippen LogP contribution in [-0.4, -0.2) is 52.3 Å². The molecule has 19 heavy (non-hydrogen) atoms. The number of morpholine rings is 1. The van der Waals surface area contributed by atoms with Crippen LogP contribution >= 0.6 is 0 Å². The molecule has 1 aliphatic rings. The Balaban J connectivity index is 2.00. The van der Waals surface area contributed by atoms with Gasteiger partial charge < -0.3 is 19.3 Å². The van der Waals surface area contributed by atoms with Crippen LogP contribution in [0.5, 0.6) is 0 Å². The Hall–Kier alpha value is -1.89. The molecule has 1 amide bonds. The highest BCUT2D eigenvalue weighted by Gasteiger charge is 2.32. The summed E-state index contributed by atoms with van der Waals surface area (Å²) in [6.07, 6.45) is -1.15. The summed E-state index contributed by atoms with van der Waals surface area (Å²) in [4.78, 5) is 24.5. The number of ether oxygens (including phenoxy) is 1. The highest BCUT2D eigenvalue weighted by atomic mass is 16.5. The zero-order valence-electron chi connectivity index (χ0n) is 10.8. The Labute approximate surface area is 110 Å². The molecule has 104 valence electrons. The van der Waals surface area contributed by atoms with Crippen molar-refractivity contribution in [1.29, 1.82) is 0 Å². The molecule has 1 aliphatic heterocycles. The summed E-state index contributed by atoms with van der Waals surface area (Å²) >= 11 is 0. The summed E-state index contributed by atoms with van der Waals surface area (Å²) in [6.45, 7) is 3.95. The third-order valence-electron chi connectivity index (χ3n) is 2.90. The number of aryl methyl sites for hydroxylation is 1. The molecule has 0 spiro atoms. The van der Waals surface area contributed by atoms with E-state index in [2.05, 4.69) is 5.16 Å². The first-order valence-corrected chi connectivity index (χ1v) is 6.04. The number of carbonyl (C=O) groups is 2. The van der Waals surface area contributed by atoms with Crippen LogP contribution < -0.4 is 0 Å². The molecule has 1 unspecified atom stereocenters. The Bertz CT molecular complexity index is 484. The van der Waals surface area contributed by atoms with Crippen molar-refractivity contribution in [1.82, 2.24) is 10.1 Å². The van der Waals surface area contributed by atoms with Crippen molar-refractivity contribution < 1.29 is 24.0 Å². The van der Waals surface area contributed by atoms with Gasteiger partial charge in [-0.15, -0.1) is 0 Å². The topological polar surface area (TPSA) is 92.9 Å². The number of amides is 1. The molecule has 2 heterocycles. The minimum atomic E-state index is -1.05. The Morgan fingerprint density at radius 2 is 2.26 bits per heavy atom. The minimum Gasteiger partial charge on any atom is -0.479 e. The van der Waals surface area contributed by atoms with Gasteiger partial charge in [-0.3, -0.25) is 4.79 Å². The van der Waals surface area contributed by atoms with Gasteiger partial charge in [0.05, 0.1) is 24.8 Å². The molecule has 1 aromatic rings. The van der Waals surface area contributed by atoms with E-state index in [1.54, 1.807) is 19.9 Å². The minimum absolute atomic E-state index is 0.0648. The van der Waals surface area contributed by atoms with Gasteiger partial charge in [0, 0.05) is 12.6 Å². The number of nitrogens with zero attached hydrogens (tertiary/aromatic N) is 2.